The third-order valence-corrected chi connectivity index (χ3v) is 9.29. The number of alkyl halides is 3. The van der Waals surface area contributed by atoms with Crippen molar-refractivity contribution in [1.29, 1.82) is 0 Å². The van der Waals surface area contributed by atoms with Gasteiger partial charge >= 0.3 is 6.18 Å². The fourth-order valence-corrected chi connectivity index (χ4v) is 7.05. The highest BCUT2D eigenvalue weighted by Crippen LogP contribution is 2.47. The number of benzene rings is 1. The number of halogens is 4. The van der Waals surface area contributed by atoms with Crippen molar-refractivity contribution in [3.8, 4) is 0 Å². The van der Waals surface area contributed by atoms with E-state index >= 15 is 0 Å². The SMILES string of the molecule is C[C@@H](Cc1ccc(C2CCC(O)(C(F)(F)F)CC2)c(Cl)c1)CN1CCC2(CSC2)C1. The van der Waals surface area contributed by atoms with Crippen LogP contribution in [0.25, 0.3) is 0 Å². The van der Waals surface area contributed by atoms with Crippen LogP contribution < -0.4 is 0 Å². The summed E-state index contributed by atoms with van der Waals surface area (Å²) in [7, 11) is 0. The van der Waals surface area contributed by atoms with Crippen molar-refractivity contribution >= 4 is 23.4 Å². The number of likely N-dealkylation sites (tertiary alicyclic amines) is 1. The summed E-state index contributed by atoms with van der Waals surface area (Å²) in [6.45, 7) is 5.82. The lowest BCUT2D eigenvalue weighted by molar-refractivity contribution is -0.270. The summed E-state index contributed by atoms with van der Waals surface area (Å²) in [6, 6.07) is 6.06. The Labute approximate surface area is 186 Å². The van der Waals surface area contributed by atoms with Crippen molar-refractivity contribution in [2.24, 2.45) is 11.3 Å². The number of aliphatic hydroxyl groups is 1. The Kier molecular flexibility index (Phi) is 6.44. The third-order valence-electron chi connectivity index (χ3n) is 7.33. The fraction of sp³-hybridized carbons (Fsp3) is 0.739. The van der Waals surface area contributed by atoms with Gasteiger partial charge in [0.2, 0.25) is 0 Å². The zero-order chi connectivity index (χ0) is 21.6. The minimum atomic E-state index is -4.56. The van der Waals surface area contributed by atoms with E-state index in [1.54, 1.807) is 0 Å². The van der Waals surface area contributed by atoms with E-state index in [1.165, 1.54) is 36.6 Å². The van der Waals surface area contributed by atoms with Crippen LogP contribution in [0.1, 0.15) is 56.1 Å². The van der Waals surface area contributed by atoms with Crippen molar-refractivity contribution in [2.45, 2.75) is 63.1 Å². The molecule has 0 unspecified atom stereocenters. The van der Waals surface area contributed by atoms with E-state index in [0.29, 0.717) is 29.2 Å². The van der Waals surface area contributed by atoms with Gasteiger partial charge in [-0.05, 0) is 74.1 Å². The molecule has 1 aliphatic carbocycles. The second kappa shape index (κ2) is 8.49. The Hall–Kier alpha value is -0.430. The van der Waals surface area contributed by atoms with Crippen molar-refractivity contribution in [2.75, 3.05) is 31.1 Å². The van der Waals surface area contributed by atoms with Gasteiger partial charge in [-0.2, -0.15) is 24.9 Å². The maximum atomic E-state index is 13.0. The van der Waals surface area contributed by atoms with Gasteiger partial charge in [-0.3, -0.25) is 0 Å². The molecule has 0 bridgehead atoms. The molecule has 1 N–H and O–H groups in total. The van der Waals surface area contributed by atoms with Crippen molar-refractivity contribution in [1.82, 2.24) is 4.90 Å². The van der Waals surface area contributed by atoms with Gasteiger partial charge in [0.25, 0.3) is 0 Å². The molecule has 30 heavy (non-hydrogen) atoms. The van der Waals surface area contributed by atoms with E-state index < -0.39 is 11.8 Å². The molecule has 2 heterocycles. The average molecular weight is 462 g/mol. The molecule has 1 saturated carbocycles. The zero-order valence-electron chi connectivity index (χ0n) is 17.5. The van der Waals surface area contributed by atoms with Crippen LogP contribution in [-0.4, -0.2) is 52.9 Å². The predicted molar refractivity (Wildman–Crippen MR) is 117 cm³/mol. The average Bonchev–Trinajstić information content (AvgIpc) is 3.06. The number of hydrogen-bond acceptors (Lipinski definition) is 3. The van der Waals surface area contributed by atoms with E-state index in [-0.39, 0.29) is 18.8 Å². The van der Waals surface area contributed by atoms with E-state index in [1.807, 2.05) is 12.1 Å². The molecule has 1 aromatic carbocycles. The largest absolute Gasteiger partial charge is 0.417 e. The molecule has 2 aliphatic heterocycles. The number of rotatable bonds is 5. The maximum absolute atomic E-state index is 13.0. The minimum Gasteiger partial charge on any atom is -0.380 e. The number of thioether (sulfide) groups is 1. The standard InChI is InChI=1S/C23H31ClF3NOS/c1-16(12-28-9-8-21(13-28)14-30-15-21)10-17-2-3-19(20(24)11-17)18-4-6-22(29,7-5-18)23(25,26)27/h2-3,11,16,18,29H,4-10,12-15H2,1H3/t16-,18?,22?/m0/s1. The monoisotopic (exact) mass is 461 g/mol. The molecule has 1 atom stereocenters. The first kappa shape index (κ1) is 22.8. The molecule has 1 aromatic rings. The topological polar surface area (TPSA) is 23.5 Å². The molecule has 0 aromatic heterocycles. The zero-order valence-corrected chi connectivity index (χ0v) is 19.1. The highest BCUT2D eigenvalue weighted by molar-refractivity contribution is 8.00. The molecule has 2 saturated heterocycles. The first-order valence-electron chi connectivity index (χ1n) is 11.0. The van der Waals surface area contributed by atoms with Crippen LogP contribution in [0, 0.1) is 11.3 Å². The lowest BCUT2D eigenvalue weighted by Crippen LogP contribution is -2.47. The highest BCUT2D eigenvalue weighted by atomic mass is 35.5. The van der Waals surface area contributed by atoms with Crippen LogP contribution in [0.5, 0.6) is 0 Å². The van der Waals surface area contributed by atoms with Gasteiger partial charge in [0.1, 0.15) is 0 Å². The summed E-state index contributed by atoms with van der Waals surface area (Å²) in [4.78, 5) is 2.60. The Bertz CT molecular complexity index is 759. The van der Waals surface area contributed by atoms with Gasteiger partial charge in [0.05, 0.1) is 0 Å². The normalized spacial score (nSPS) is 30.4. The Morgan fingerprint density at radius 1 is 1.23 bits per heavy atom. The molecule has 0 amide bonds. The summed E-state index contributed by atoms with van der Waals surface area (Å²) >= 11 is 8.61. The van der Waals surface area contributed by atoms with Crippen LogP contribution in [0.3, 0.4) is 0 Å². The van der Waals surface area contributed by atoms with Crippen molar-refractivity contribution < 1.29 is 18.3 Å². The molecular formula is C23H31ClF3NOS. The lowest BCUT2D eigenvalue weighted by atomic mass is 9.75. The molecule has 0 radical (unpaired) electrons. The van der Waals surface area contributed by atoms with E-state index in [4.69, 9.17) is 11.6 Å². The summed E-state index contributed by atoms with van der Waals surface area (Å²) in [5, 5.41) is 10.5. The van der Waals surface area contributed by atoms with Crippen molar-refractivity contribution in [3.05, 3.63) is 34.3 Å². The van der Waals surface area contributed by atoms with Gasteiger partial charge in [0.15, 0.2) is 5.60 Å². The molecule has 1 spiro atoms. The minimum absolute atomic E-state index is 0.0206. The second-order valence-corrected chi connectivity index (χ2v) is 11.3. The van der Waals surface area contributed by atoms with Crippen LogP contribution in [-0.2, 0) is 6.42 Å². The number of nitrogens with zero attached hydrogens (tertiary/aromatic N) is 1. The molecule has 4 rings (SSSR count). The summed E-state index contributed by atoms with van der Waals surface area (Å²) < 4.78 is 39.1. The highest BCUT2D eigenvalue weighted by Gasteiger charge is 2.54. The van der Waals surface area contributed by atoms with Gasteiger partial charge in [-0.1, -0.05) is 30.7 Å². The summed E-state index contributed by atoms with van der Waals surface area (Å²) in [5.74, 6) is 3.14. The molecule has 3 aliphatic rings. The summed E-state index contributed by atoms with van der Waals surface area (Å²) in [5.41, 5.74) is 0.152. The maximum Gasteiger partial charge on any atom is 0.417 e. The van der Waals surface area contributed by atoms with E-state index in [2.05, 4.69) is 29.7 Å². The molecule has 168 valence electrons. The van der Waals surface area contributed by atoms with Gasteiger partial charge in [0, 0.05) is 35.0 Å². The van der Waals surface area contributed by atoms with Crippen molar-refractivity contribution in [3.63, 3.8) is 0 Å². The van der Waals surface area contributed by atoms with Crippen LogP contribution in [0.15, 0.2) is 18.2 Å². The van der Waals surface area contributed by atoms with Crippen LogP contribution in [0.2, 0.25) is 5.02 Å². The molecule has 2 nitrogen and oxygen atoms in total. The van der Waals surface area contributed by atoms with E-state index in [9.17, 15) is 18.3 Å². The Morgan fingerprint density at radius 2 is 1.93 bits per heavy atom. The fourth-order valence-electron chi connectivity index (χ4n) is 5.44. The third kappa shape index (κ3) is 4.67. The molecule has 3 fully saturated rings. The van der Waals surface area contributed by atoms with Gasteiger partial charge < -0.3 is 10.0 Å². The van der Waals surface area contributed by atoms with Crippen LogP contribution in [0.4, 0.5) is 13.2 Å². The molecule has 7 heteroatoms. The molecular weight excluding hydrogens is 431 g/mol. The Morgan fingerprint density at radius 3 is 2.47 bits per heavy atom. The quantitative estimate of drug-likeness (QED) is 0.589. The number of hydrogen-bond donors (Lipinski definition) is 1. The van der Waals surface area contributed by atoms with Gasteiger partial charge in [-0.15, -0.1) is 0 Å². The first-order valence-corrected chi connectivity index (χ1v) is 12.5. The predicted octanol–water partition coefficient (Wildman–Crippen LogP) is 5.91. The lowest BCUT2D eigenvalue weighted by Gasteiger charge is -2.37. The Balaban J connectivity index is 1.31. The van der Waals surface area contributed by atoms with Crippen LogP contribution >= 0.6 is 23.4 Å². The first-order chi connectivity index (χ1) is 14.1. The summed E-state index contributed by atoms with van der Waals surface area (Å²) in [6.07, 6.45) is -2.18. The smallest absolute Gasteiger partial charge is 0.380 e. The second-order valence-electron chi connectivity index (χ2n) is 9.95. The van der Waals surface area contributed by atoms with Gasteiger partial charge in [-0.25, -0.2) is 0 Å². The van der Waals surface area contributed by atoms with E-state index in [0.717, 1.165) is 18.5 Å².